The molecule has 0 aliphatic carbocycles. The highest BCUT2D eigenvalue weighted by molar-refractivity contribution is 5.78. The van der Waals surface area contributed by atoms with E-state index in [1.54, 1.807) is 19.3 Å². The standard InChI is InChI=1S/C25H29FN4O3/c1-6-19-21(32-5)14-22(29-23(19)16-7-8-17(15-27)20(26)13-16)30-11-9-18(10-12-30)28-24(31)33-25(2,3)4/h6-8,13-14,18H,1,9-12H2,2-5H3,(H,28,31). The van der Waals surface area contributed by atoms with E-state index in [1.165, 1.54) is 12.1 Å². The molecule has 2 aromatic rings. The molecule has 1 aliphatic rings. The number of carbonyl (C=O) groups is 1. The highest BCUT2D eigenvalue weighted by atomic mass is 19.1. The summed E-state index contributed by atoms with van der Waals surface area (Å²) < 4.78 is 25.2. The van der Waals surface area contributed by atoms with Gasteiger partial charge in [0.1, 0.15) is 29.1 Å². The van der Waals surface area contributed by atoms with E-state index in [9.17, 15) is 9.18 Å². The number of ether oxygens (including phenoxy) is 2. The second-order valence-electron chi connectivity index (χ2n) is 8.86. The summed E-state index contributed by atoms with van der Waals surface area (Å²) in [5.74, 6) is 0.655. The van der Waals surface area contributed by atoms with Crippen LogP contribution in [0.2, 0.25) is 0 Å². The zero-order valence-electron chi connectivity index (χ0n) is 19.4. The Balaban J connectivity index is 1.83. The van der Waals surface area contributed by atoms with Gasteiger partial charge in [-0.25, -0.2) is 14.2 Å². The fourth-order valence-corrected chi connectivity index (χ4v) is 3.75. The molecule has 1 aromatic heterocycles. The van der Waals surface area contributed by atoms with E-state index < -0.39 is 17.5 Å². The number of anilines is 1. The molecule has 2 heterocycles. The largest absolute Gasteiger partial charge is 0.496 e. The number of aromatic nitrogens is 1. The maximum absolute atomic E-state index is 14.3. The van der Waals surface area contributed by atoms with Crippen LogP contribution in [0.3, 0.4) is 0 Å². The molecule has 1 aromatic carbocycles. The van der Waals surface area contributed by atoms with Crippen LogP contribution in [0.5, 0.6) is 5.75 Å². The Morgan fingerprint density at radius 2 is 2.03 bits per heavy atom. The van der Waals surface area contributed by atoms with E-state index >= 15 is 0 Å². The molecule has 1 fully saturated rings. The first kappa shape index (κ1) is 24.1. The summed E-state index contributed by atoms with van der Waals surface area (Å²) in [6.45, 7) is 10.7. The molecular weight excluding hydrogens is 423 g/mol. The Morgan fingerprint density at radius 3 is 2.58 bits per heavy atom. The molecule has 1 N–H and O–H groups in total. The van der Waals surface area contributed by atoms with Crippen LogP contribution in [0.1, 0.15) is 44.7 Å². The molecule has 0 radical (unpaired) electrons. The van der Waals surface area contributed by atoms with Gasteiger partial charge in [-0.3, -0.25) is 0 Å². The number of amides is 1. The van der Waals surface area contributed by atoms with E-state index in [4.69, 9.17) is 19.7 Å². The minimum Gasteiger partial charge on any atom is -0.496 e. The number of rotatable bonds is 5. The predicted molar refractivity (Wildman–Crippen MR) is 126 cm³/mol. The number of methoxy groups -OCH3 is 1. The van der Waals surface area contributed by atoms with E-state index in [1.807, 2.05) is 32.9 Å². The van der Waals surface area contributed by atoms with Gasteiger partial charge < -0.3 is 19.7 Å². The van der Waals surface area contributed by atoms with Gasteiger partial charge >= 0.3 is 6.09 Å². The lowest BCUT2D eigenvalue weighted by Crippen LogP contribution is -2.46. The van der Waals surface area contributed by atoms with Crippen LogP contribution in [-0.4, -0.2) is 42.9 Å². The van der Waals surface area contributed by atoms with E-state index in [0.717, 1.165) is 12.8 Å². The van der Waals surface area contributed by atoms with Crippen molar-refractivity contribution < 1.29 is 18.7 Å². The van der Waals surface area contributed by atoms with Gasteiger partial charge in [0.05, 0.1) is 18.4 Å². The normalized spacial score (nSPS) is 14.4. The lowest BCUT2D eigenvalue weighted by atomic mass is 10.0. The van der Waals surface area contributed by atoms with Gasteiger partial charge in [-0.2, -0.15) is 5.26 Å². The lowest BCUT2D eigenvalue weighted by molar-refractivity contribution is 0.0497. The molecule has 0 saturated carbocycles. The minimum absolute atomic E-state index is 0.0116. The van der Waals surface area contributed by atoms with Gasteiger partial charge in [0.25, 0.3) is 0 Å². The third-order valence-corrected chi connectivity index (χ3v) is 5.33. The first-order chi connectivity index (χ1) is 15.6. The summed E-state index contributed by atoms with van der Waals surface area (Å²) in [6.07, 6.45) is 2.67. The van der Waals surface area contributed by atoms with Gasteiger partial charge in [-0.05, 0) is 45.7 Å². The average molecular weight is 453 g/mol. The van der Waals surface area contributed by atoms with Crippen LogP contribution in [0.15, 0.2) is 30.8 Å². The number of halogens is 1. The molecule has 0 spiro atoms. The van der Waals surface area contributed by atoms with Crippen molar-refractivity contribution in [1.82, 2.24) is 10.3 Å². The number of nitriles is 1. The Kier molecular flexibility index (Phi) is 7.22. The molecule has 1 amide bonds. The van der Waals surface area contributed by atoms with Gasteiger partial charge in [0, 0.05) is 36.3 Å². The summed E-state index contributed by atoms with van der Waals surface area (Å²) in [6, 6.07) is 8.08. The average Bonchev–Trinajstić information content (AvgIpc) is 2.77. The van der Waals surface area contributed by atoms with Crippen LogP contribution in [0.4, 0.5) is 15.0 Å². The van der Waals surface area contributed by atoms with Crippen LogP contribution >= 0.6 is 0 Å². The van der Waals surface area contributed by atoms with Crippen LogP contribution in [0.25, 0.3) is 17.3 Å². The van der Waals surface area contributed by atoms with Gasteiger partial charge in [-0.15, -0.1) is 0 Å². The number of benzene rings is 1. The highest BCUT2D eigenvalue weighted by Crippen LogP contribution is 2.35. The van der Waals surface area contributed by atoms with Crippen molar-refractivity contribution in [2.75, 3.05) is 25.1 Å². The Labute approximate surface area is 193 Å². The fraction of sp³-hybridized carbons (Fsp3) is 0.400. The maximum atomic E-state index is 14.3. The number of piperidine rings is 1. The first-order valence-corrected chi connectivity index (χ1v) is 10.8. The first-order valence-electron chi connectivity index (χ1n) is 10.8. The molecule has 3 rings (SSSR count). The van der Waals surface area contributed by atoms with Crippen molar-refractivity contribution in [3.8, 4) is 23.1 Å². The third kappa shape index (κ3) is 5.80. The number of hydrogen-bond acceptors (Lipinski definition) is 6. The van der Waals surface area contributed by atoms with Gasteiger partial charge in [0.2, 0.25) is 0 Å². The fourth-order valence-electron chi connectivity index (χ4n) is 3.75. The summed E-state index contributed by atoms with van der Waals surface area (Å²) >= 11 is 0. The molecule has 33 heavy (non-hydrogen) atoms. The summed E-state index contributed by atoms with van der Waals surface area (Å²) in [4.78, 5) is 19.0. The van der Waals surface area contributed by atoms with Gasteiger partial charge in [0.15, 0.2) is 0 Å². The number of nitrogens with one attached hydrogen (secondary N) is 1. The van der Waals surface area contributed by atoms with Crippen LogP contribution < -0.4 is 15.0 Å². The molecule has 1 aliphatic heterocycles. The lowest BCUT2D eigenvalue weighted by Gasteiger charge is -2.34. The zero-order valence-corrected chi connectivity index (χ0v) is 19.4. The Morgan fingerprint density at radius 1 is 1.33 bits per heavy atom. The number of alkyl carbamates (subject to hydrolysis) is 1. The zero-order chi connectivity index (χ0) is 24.2. The van der Waals surface area contributed by atoms with E-state index in [0.29, 0.717) is 41.5 Å². The molecule has 0 bridgehead atoms. The van der Waals surface area contributed by atoms with Crippen molar-refractivity contribution in [2.24, 2.45) is 0 Å². The Bertz CT molecular complexity index is 1080. The number of hydrogen-bond donors (Lipinski definition) is 1. The van der Waals surface area contributed by atoms with Crippen LogP contribution in [0, 0.1) is 17.1 Å². The smallest absolute Gasteiger partial charge is 0.407 e. The molecule has 8 heteroatoms. The predicted octanol–water partition coefficient (Wildman–Crippen LogP) is 4.90. The summed E-state index contributed by atoms with van der Waals surface area (Å²) in [5, 5.41) is 12.0. The van der Waals surface area contributed by atoms with E-state index in [2.05, 4.69) is 16.8 Å². The number of pyridine rings is 1. The Hall–Kier alpha value is -3.60. The summed E-state index contributed by atoms with van der Waals surface area (Å²) in [5.41, 5.74) is 1.13. The second-order valence-corrected chi connectivity index (χ2v) is 8.86. The van der Waals surface area contributed by atoms with Gasteiger partial charge in [-0.1, -0.05) is 18.7 Å². The van der Waals surface area contributed by atoms with E-state index in [-0.39, 0.29) is 11.6 Å². The maximum Gasteiger partial charge on any atom is 0.407 e. The molecule has 0 unspecified atom stereocenters. The van der Waals surface area contributed by atoms with Crippen molar-refractivity contribution in [3.05, 3.63) is 47.8 Å². The van der Waals surface area contributed by atoms with Crippen molar-refractivity contribution >= 4 is 18.0 Å². The molecule has 174 valence electrons. The summed E-state index contributed by atoms with van der Waals surface area (Å²) in [7, 11) is 1.56. The van der Waals surface area contributed by atoms with Crippen molar-refractivity contribution in [2.45, 2.75) is 45.3 Å². The topological polar surface area (TPSA) is 87.5 Å². The molecule has 7 nitrogen and oxygen atoms in total. The molecule has 0 atom stereocenters. The molecular formula is C25H29FN4O3. The quantitative estimate of drug-likeness (QED) is 0.694. The number of carbonyl (C=O) groups excluding carboxylic acids is 1. The van der Waals surface area contributed by atoms with Crippen molar-refractivity contribution in [3.63, 3.8) is 0 Å². The van der Waals surface area contributed by atoms with Crippen molar-refractivity contribution in [1.29, 1.82) is 5.26 Å². The highest BCUT2D eigenvalue weighted by Gasteiger charge is 2.25. The minimum atomic E-state index is -0.606. The SMILES string of the molecule is C=Cc1c(OC)cc(N2CCC(NC(=O)OC(C)(C)C)CC2)nc1-c1ccc(C#N)c(F)c1. The monoisotopic (exact) mass is 452 g/mol. The molecule has 1 saturated heterocycles. The third-order valence-electron chi connectivity index (χ3n) is 5.33. The second kappa shape index (κ2) is 9.90. The number of nitrogens with zero attached hydrogens (tertiary/aromatic N) is 3. The van der Waals surface area contributed by atoms with Crippen LogP contribution in [-0.2, 0) is 4.74 Å².